The number of alkyl halides is 1. The van der Waals surface area contributed by atoms with E-state index < -0.39 is 0 Å². The van der Waals surface area contributed by atoms with Crippen LogP contribution in [0.3, 0.4) is 0 Å². The van der Waals surface area contributed by atoms with Gasteiger partial charge in [0.1, 0.15) is 5.78 Å². The Morgan fingerprint density at radius 1 is 0.587 bits per heavy atom. The second kappa shape index (κ2) is 43.8. The van der Waals surface area contributed by atoms with Gasteiger partial charge in [-0.15, -0.1) is 11.6 Å². The third-order valence-electron chi connectivity index (χ3n) is 18.3. The Morgan fingerprint density at radius 3 is 1.48 bits per heavy atom. The van der Waals surface area contributed by atoms with Gasteiger partial charge < -0.3 is 53.5 Å². The number of H-pyrrole nitrogens is 1. The van der Waals surface area contributed by atoms with Crippen molar-refractivity contribution < 1.29 is 19.2 Å². The number of anilines is 1. The number of aliphatic hydroxyl groups excluding tert-OH is 1. The molecule has 1 saturated heterocycles. The molecule has 0 saturated carbocycles. The van der Waals surface area contributed by atoms with E-state index in [1.807, 2.05) is 97.5 Å². The molecule has 5 aromatic heterocycles. The number of nitrogens with one attached hydrogen (secondary N) is 2. The molecule has 11 aromatic rings. The van der Waals surface area contributed by atoms with Crippen LogP contribution in [0.2, 0.25) is 0 Å². The molecule has 0 spiro atoms. The summed E-state index contributed by atoms with van der Waals surface area (Å²) < 4.78 is 24.3. The molecule has 12 rings (SSSR count). The number of benzene rings is 6. The summed E-state index contributed by atoms with van der Waals surface area (Å²) >= 11 is 15.7. The standard InChI is InChI=1S/C25H30N4.C16H21BN2O2.C15H21BrN2.C10H10BrN.C6H7BrN2.C5H12ClN.C4H8O.C2H6O/c1-19-20(2)29(14-8-13-27(3)4)25-12-11-22(15-24(19)25)23-16-26-28(18-23)17-21-9-6-5-7-10-21;1-15(2)16(3,4)21-17(20-15)14-10-18-19(12-14)11-13-8-6-5-7-9-13;1-11-12(2)18(9-5-8-17(3)4)15-7-6-13(16)10-14(11)15;1-6-7(2)12-10-4-3-8(11)5-9(6)10;7-5-1-3-6(9-8)4-2-5;1-7(2)5-3-4-6;1-3-4(2)5;1-2-3/h5-7,9-12,15-16,18H,8,13-14,17H2,1-4H3;5-10,12H,11H2,1-4H3;6-7,10H,5,8-9H2,1-4H3;3-5,12H,1-2H3;1-4,9H,8H2;3-5H2,1-2H3;3H2,1-2H3;3H,2H2,1H3. The number of aromatic amines is 1. The molecule has 21 heteroatoms. The molecule has 6 aromatic carbocycles. The monoisotopic (exact) mass is 1630 g/mol. The number of aryl methyl sites for hydroxylation is 6. The van der Waals surface area contributed by atoms with Crippen molar-refractivity contribution in [2.24, 2.45) is 5.84 Å². The van der Waals surface area contributed by atoms with E-state index in [-0.39, 0.29) is 30.7 Å². The summed E-state index contributed by atoms with van der Waals surface area (Å²) in [5, 5.41) is 20.6. The Bertz CT molecular complexity index is 4320. The van der Waals surface area contributed by atoms with Gasteiger partial charge in [0.25, 0.3) is 0 Å². The van der Waals surface area contributed by atoms with Crippen LogP contribution in [-0.4, -0.2) is 152 Å². The number of nitrogens with two attached hydrogens (primary N) is 1. The lowest BCUT2D eigenvalue weighted by molar-refractivity contribution is -0.116. The van der Waals surface area contributed by atoms with E-state index in [0.29, 0.717) is 6.42 Å². The highest BCUT2D eigenvalue weighted by Crippen LogP contribution is 2.37. The lowest BCUT2D eigenvalue weighted by atomic mass is 9.82. The molecule has 562 valence electrons. The minimum absolute atomic E-state index is 0.250. The molecular weight excluding hydrogens is 1510 g/mol. The van der Waals surface area contributed by atoms with Crippen molar-refractivity contribution in [1.82, 2.24) is 48.4 Å². The van der Waals surface area contributed by atoms with Gasteiger partial charge in [0, 0.05) is 131 Å². The first-order valence-electron chi connectivity index (χ1n) is 35.8. The molecule has 1 fully saturated rings. The molecule has 0 amide bonds. The van der Waals surface area contributed by atoms with E-state index in [0.717, 1.165) is 89.1 Å². The third kappa shape index (κ3) is 27.6. The lowest BCUT2D eigenvalue weighted by Crippen LogP contribution is -2.41. The third-order valence-corrected chi connectivity index (χ3v) is 20.0. The molecule has 1 aliphatic rings. The van der Waals surface area contributed by atoms with Gasteiger partial charge >= 0.3 is 7.12 Å². The van der Waals surface area contributed by atoms with Crippen LogP contribution in [0.5, 0.6) is 0 Å². The Balaban J connectivity index is 0.000000231. The number of ketones is 1. The summed E-state index contributed by atoms with van der Waals surface area (Å²) in [4.78, 5) is 19.8. The molecule has 6 heterocycles. The smallest absolute Gasteiger partial charge is 0.399 e. The number of carbonyl (C=O) groups excluding carboxylic acids is 1. The van der Waals surface area contributed by atoms with E-state index in [1.165, 1.54) is 95.2 Å². The van der Waals surface area contributed by atoms with Crippen LogP contribution < -0.4 is 16.7 Å². The number of hydrazine groups is 1. The van der Waals surface area contributed by atoms with Gasteiger partial charge in [-0.25, -0.2) is 0 Å². The SMILES string of the molecule is CC1(C)OB(c2cnn(Cc3ccccc3)c2)OC1(C)C.CCC(C)=O.CCO.CN(C)CCCCl.Cc1[nH]c2ccc(Br)cc2c1C.Cc1c(C)n(CCCN(C)C)c2ccc(-c3cnn(Cc4ccccc4)c3)cc12.Cc1c(C)n(CCCN(C)C)c2ccc(Br)cc12.NNc1ccc(Br)cc1. The molecule has 5 N–H and O–H groups in total. The number of aromatic nitrogens is 7. The maximum atomic E-state index is 9.81. The van der Waals surface area contributed by atoms with Crippen molar-refractivity contribution >= 4 is 116 Å². The van der Waals surface area contributed by atoms with Gasteiger partial charge in [-0.1, -0.05) is 121 Å². The summed E-state index contributed by atoms with van der Waals surface area (Å²) in [6.07, 6.45) is 12.0. The van der Waals surface area contributed by atoms with Gasteiger partial charge in [0.05, 0.1) is 30.5 Å². The Labute approximate surface area is 651 Å². The summed E-state index contributed by atoms with van der Waals surface area (Å²) in [6.45, 7) is 33.8. The minimum atomic E-state index is -0.348. The predicted molar refractivity (Wildman–Crippen MR) is 452 cm³/mol. The van der Waals surface area contributed by atoms with Gasteiger partial charge in [0.15, 0.2) is 0 Å². The van der Waals surface area contributed by atoms with Gasteiger partial charge in [0.2, 0.25) is 0 Å². The number of hydrogen-bond acceptors (Lipinski definition) is 11. The molecule has 1 aliphatic heterocycles. The first-order chi connectivity index (χ1) is 49.4. The maximum Gasteiger partial charge on any atom is 0.498 e. The lowest BCUT2D eigenvalue weighted by Gasteiger charge is -2.32. The predicted octanol–water partition coefficient (Wildman–Crippen LogP) is 18.8. The molecule has 16 nitrogen and oxygen atoms in total. The second-order valence-electron chi connectivity index (χ2n) is 27.8. The highest BCUT2D eigenvalue weighted by molar-refractivity contribution is 9.11. The Hall–Kier alpha value is -6.66. The zero-order chi connectivity index (χ0) is 76.8. The van der Waals surface area contributed by atoms with Crippen LogP contribution in [0, 0.1) is 41.5 Å². The van der Waals surface area contributed by atoms with Crippen molar-refractivity contribution in [3.05, 3.63) is 223 Å². The van der Waals surface area contributed by atoms with Crippen molar-refractivity contribution in [2.75, 3.05) is 79.8 Å². The quantitative estimate of drug-likeness (QED) is 0.0264. The highest BCUT2D eigenvalue weighted by atomic mass is 79.9. The largest absolute Gasteiger partial charge is 0.498 e. The summed E-state index contributed by atoms with van der Waals surface area (Å²) in [5.74, 6) is 6.17. The molecule has 0 unspecified atom stereocenters. The van der Waals surface area contributed by atoms with Crippen LogP contribution in [0.4, 0.5) is 5.69 Å². The number of aliphatic hydroxyl groups is 1. The fourth-order valence-corrected chi connectivity index (χ4v) is 12.3. The number of hydrogen-bond donors (Lipinski definition) is 4. The van der Waals surface area contributed by atoms with Crippen molar-refractivity contribution in [3.63, 3.8) is 0 Å². The molecule has 0 atom stereocenters. The Kier molecular flexibility index (Phi) is 37.1. The van der Waals surface area contributed by atoms with Crippen LogP contribution >= 0.6 is 59.4 Å². The number of nitrogens with zero attached hydrogens (tertiary/aromatic N) is 9. The normalized spacial score (nSPS) is 12.6. The Morgan fingerprint density at radius 2 is 1.02 bits per heavy atom. The minimum Gasteiger partial charge on any atom is -0.399 e. The van der Waals surface area contributed by atoms with Crippen LogP contribution in [-0.2, 0) is 40.3 Å². The molecule has 0 aliphatic carbocycles. The molecule has 0 radical (unpaired) electrons. The number of halogens is 4. The summed E-state index contributed by atoms with van der Waals surface area (Å²) in [5.41, 5.74) is 20.7. The fourth-order valence-electron chi connectivity index (χ4n) is 11.2. The number of nitrogen functional groups attached to an aromatic ring is 1. The summed E-state index contributed by atoms with van der Waals surface area (Å²) in [6, 6.07) is 48.1. The van der Waals surface area contributed by atoms with E-state index in [4.69, 9.17) is 31.9 Å². The van der Waals surface area contributed by atoms with Gasteiger partial charge in [-0.05, 0) is 270 Å². The maximum absolute atomic E-state index is 9.81. The van der Waals surface area contributed by atoms with Gasteiger partial charge in [-0.2, -0.15) is 10.2 Å². The molecule has 0 bridgehead atoms. The number of rotatable bonds is 19. The van der Waals surface area contributed by atoms with E-state index in [1.54, 1.807) is 13.8 Å². The average molecular weight is 1630 g/mol. The van der Waals surface area contributed by atoms with E-state index in [9.17, 15) is 4.79 Å². The topological polar surface area (TPSA) is 165 Å². The first kappa shape index (κ1) is 88.0. The number of fused-ring (bicyclic) bond motifs is 3. The first-order valence-corrected chi connectivity index (χ1v) is 38.7. The van der Waals surface area contributed by atoms with Crippen molar-refractivity contribution in [2.45, 2.75) is 153 Å². The number of carbonyl (C=O) groups is 1. The average Bonchev–Trinajstić information content (AvgIpc) is 1.65. The van der Waals surface area contributed by atoms with Crippen LogP contribution in [0.1, 0.15) is 119 Å². The zero-order valence-corrected chi connectivity index (χ0v) is 70.7. The van der Waals surface area contributed by atoms with Gasteiger partial charge in [-0.3, -0.25) is 15.2 Å². The molecular formula is C83H115BBr3ClN12O4. The number of Topliss-reactive ketones (excluding diaryl/α,β-unsaturated/α-hetero) is 1. The van der Waals surface area contributed by atoms with Crippen LogP contribution in [0.25, 0.3) is 43.8 Å². The highest BCUT2D eigenvalue weighted by Gasteiger charge is 2.52. The zero-order valence-electron chi connectivity index (χ0n) is 65.1. The van der Waals surface area contributed by atoms with E-state index in [2.05, 4.69) is 287 Å². The fraction of sp³-hybridized carbons (Fsp3) is 0.410. The van der Waals surface area contributed by atoms with Crippen LogP contribution in [0.15, 0.2) is 178 Å². The summed E-state index contributed by atoms with van der Waals surface area (Å²) in [7, 11) is 12.3. The second-order valence-corrected chi connectivity index (χ2v) is 30.9. The van der Waals surface area contributed by atoms with E-state index >= 15 is 0 Å². The van der Waals surface area contributed by atoms with Crippen molar-refractivity contribution in [3.8, 4) is 11.1 Å². The van der Waals surface area contributed by atoms with Crippen molar-refractivity contribution in [1.29, 1.82) is 0 Å². The molecule has 104 heavy (non-hydrogen) atoms.